The highest BCUT2D eigenvalue weighted by molar-refractivity contribution is 7.89. The molecule has 1 aromatic carbocycles. The number of benzene rings is 1. The Bertz CT molecular complexity index is 629. The normalized spacial score (nSPS) is 12.7. The van der Waals surface area contributed by atoms with Crippen molar-refractivity contribution in [3.63, 3.8) is 0 Å². The first-order chi connectivity index (χ1) is 8.97. The van der Waals surface area contributed by atoms with E-state index in [4.69, 9.17) is 0 Å². The summed E-state index contributed by atoms with van der Waals surface area (Å²) in [6.45, 7) is -1.84. The van der Waals surface area contributed by atoms with Gasteiger partial charge in [-0.2, -0.15) is 21.9 Å². The highest BCUT2D eigenvalue weighted by Crippen LogP contribution is 2.30. The second-order valence-corrected chi connectivity index (χ2v) is 5.73. The molecule has 112 valence electrons. The maximum absolute atomic E-state index is 13.3. The molecule has 1 aromatic rings. The van der Waals surface area contributed by atoms with Gasteiger partial charge < -0.3 is 0 Å². The third-order valence-electron chi connectivity index (χ3n) is 2.22. The van der Waals surface area contributed by atoms with Gasteiger partial charge in [0.05, 0.1) is 4.92 Å². The zero-order chi connectivity index (χ0) is 15.7. The number of sulfonamides is 1. The maximum atomic E-state index is 13.3. The molecule has 0 N–H and O–H groups in total. The molecule has 6 nitrogen and oxygen atoms in total. The van der Waals surface area contributed by atoms with Gasteiger partial charge in [-0.05, 0) is 12.1 Å². The van der Waals surface area contributed by atoms with Crippen molar-refractivity contribution in [2.24, 2.45) is 0 Å². The van der Waals surface area contributed by atoms with Crippen LogP contribution in [0.5, 0.6) is 0 Å². The van der Waals surface area contributed by atoms with E-state index in [-0.39, 0.29) is 4.31 Å². The Morgan fingerprint density at radius 2 is 1.90 bits per heavy atom. The number of alkyl halides is 3. The van der Waals surface area contributed by atoms with Crippen molar-refractivity contribution in [2.75, 3.05) is 13.6 Å². The summed E-state index contributed by atoms with van der Waals surface area (Å²) in [6, 6.07) is 2.17. The van der Waals surface area contributed by atoms with Crippen LogP contribution in [0.1, 0.15) is 0 Å². The van der Waals surface area contributed by atoms with E-state index in [2.05, 4.69) is 0 Å². The van der Waals surface area contributed by atoms with Crippen molar-refractivity contribution in [3.8, 4) is 0 Å². The van der Waals surface area contributed by atoms with Gasteiger partial charge in [0.25, 0.3) is 0 Å². The highest BCUT2D eigenvalue weighted by atomic mass is 32.2. The minimum atomic E-state index is -4.84. The number of hydrogen-bond donors (Lipinski definition) is 0. The summed E-state index contributed by atoms with van der Waals surface area (Å²) in [4.78, 5) is 8.23. The summed E-state index contributed by atoms with van der Waals surface area (Å²) in [6.07, 6.45) is -4.83. The van der Waals surface area contributed by atoms with E-state index in [1.54, 1.807) is 0 Å². The highest BCUT2D eigenvalue weighted by Gasteiger charge is 2.38. The molecular formula is C9H8F4N2O4S. The molecule has 0 amide bonds. The molecule has 0 radical (unpaired) electrons. The number of halogens is 4. The number of para-hydroxylation sites is 1. The monoisotopic (exact) mass is 316 g/mol. The van der Waals surface area contributed by atoms with Crippen molar-refractivity contribution in [2.45, 2.75) is 11.1 Å². The SMILES string of the molecule is CN(CC(F)(F)F)S(=O)(=O)c1cccc(F)c1[N+](=O)[O-]. The Morgan fingerprint density at radius 1 is 1.35 bits per heavy atom. The van der Waals surface area contributed by atoms with Crippen LogP contribution in [0.3, 0.4) is 0 Å². The van der Waals surface area contributed by atoms with Crippen LogP contribution in [-0.2, 0) is 10.0 Å². The predicted octanol–water partition coefficient (Wildman–Crippen LogP) is 1.92. The predicted molar refractivity (Wildman–Crippen MR) is 58.9 cm³/mol. The molecule has 0 atom stereocenters. The third kappa shape index (κ3) is 3.42. The molecule has 11 heteroatoms. The lowest BCUT2D eigenvalue weighted by molar-refractivity contribution is -0.390. The van der Waals surface area contributed by atoms with Gasteiger partial charge in [-0.1, -0.05) is 6.07 Å². The van der Waals surface area contributed by atoms with Gasteiger partial charge in [-0.25, -0.2) is 8.42 Å². The van der Waals surface area contributed by atoms with Crippen molar-refractivity contribution in [3.05, 3.63) is 34.1 Å². The largest absolute Gasteiger partial charge is 0.402 e. The van der Waals surface area contributed by atoms with Gasteiger partial charge in [0.1, 0.15) is 6.54 Å². The Labute approximate surface area is 110 Å². The fourth-order valence-corrected chi connectivity index (χ4v) is 2.71. The summed E-state index contributed by atoms with van der Waals surface area (Å²) >= 11 is 0. The van der Waals surface area contributed by atoms with Crippen LogP contribution in [0.2, 0.25) is 0 Å². The number of rotatable bonds is 4. The maximum Gasteiger partial charge on any atom is 0.402 e. The van der Waals surface area contributed by atoms with E-state index in [1.807, 2.05) is 0 Å². The molecule has 0 fully saturated rings. The van der Waals surface area contributed by atoms with E-state index in [1.165, 1.54) is 0 Å². The van der Waals surface area contributed by atoms with E-state index in [0.29, 0.717) is 19.2 Å². The quantitative estimate of drug-likeness (QED) is 0.483. The average Bonchev–Trinajstić information content (AvgIpc) is 2.25. The fraction of sp³-hybridized carbons (Fsp3) is 0.333. The lowest BCUT2D eigenvalue weighted by atomic mass is 10.3. The molecule has 20 heavy (non-hydrogen) atoms. The second-order valence-electron chi connectivity index (χ2n) is 3.72. The van der Waals surface area contributed by atoms with Crippen LogP contribution >= 0.6 is 0 Å². The van der Waals surface area contributed by atoms with Crippen molar-refractivity contribution in [1.29, 1.82) is 0 Å². The minimum Gasteiger partial charge on any atom is -0.258 e. The van der Waals surface area contributed by atoms with Crippen LogP contribution in [-0.4, -0.2) is 37.4 Å². The number of hydrogen-bond acceptors (Lipinski definition) is 4. The van der Waals surface area contributed by atoms with Crippen LogP contribution in [0.4, 0.5) is 23.2 Å². The van der Waals surface area contributed by atoms with Gasteiger partial charge in [0.15, 0.2) is 4.90 Å². The molecule has 0 aromatic heterocycles. The van der Waals surface area contributed by atoms with Gasteiger partial charge in [0.2, 0.25) is 15.8 Å². The number of nitro benzene ring substituents is 1. The fourth-order valence-electron chi connectivity index (χ4n) is 1.39. The summed E-state index contributed by atoms with van der Waals surface area (Å²) in [5.41, 5.74) is -1.39. The van der Waals surface area contributed by atoms with Crippen LogP contribution in [0.25, 0.3) is 0 Å². The van der Waals surface area contributed by atoms with Crippen LogP contribution < -0.4 is 0 Å². The third-order valence-corrected chi connectivity index (χ3v) is 4.06. The Balaban J connectivity index is 3.37. The molecule has 0 bridgehead atoms. The molecule has 1 rings (SSSR count). The lowest BCUT2D eigenvalue weighted by Gasteiger charge is -2.18. The summed E-state index contributed by atoms with van der Waals surface area (Å²) in [5, 5.41) is 10.7. The first kappa shape index (κ1) is 16.3. The first-order valence-corrected chi connectivity index (χ1v) is 6.37. The molecule has 0 saturated heterocycles. The molecule has 0 unspecified atom stereocenters. The Morgan fingerprint density at radius 3 is 2.35 bits per heavy atom. The molecule has 0 aliphatic heterocycles. The topological polar surface area (TPSA) is 80.5 Å². The standard InChI is InChI=1S/C9H8F4N2O4S/c1-14(5-9(11,12)13)20(18,19)7-4-2-3-6(10)8(7)15(16)17/h2-4H,5H2,1H3. The van der Waals surface area contributed by atoms with E-state index in [9.17, 15) is 36.1 Å². The molecule has 0 spiro atoms. The van der Waals surface area contributed by atoms with Gasteiger partial charge >= 0.3 is 11.9 Å². The van der Waals surface area contributed by atoms with Crippen LogP contribution in [0.15, 0.2) is 23.1 Å². The minimum absolute atomic E-state index is 0.130. The van der Waals surface area contributed by atoms with Gasteiger partial charge in [-0.3, -0.25) is 10.1 Å². The van der Waals surface area contributed by atoms with Gasteiger partial charge in [-0.15, -0.1) is 0 Å². The number of nitrogens with zero attached hydrogens (tertiary/aromatic N) is 2. The zero-order valence-electron chi connectivity index (χ0n) is 9.89. The second kappa shape index (κ2) is 5.32. The summed E-state index contributed by atoms with van der Waals surface area (Å²) in [5.74, 6) is -1.45. The summed E-state index contributed by atoms with van der Waals surface area (Å²) in [7, 11) is -4.24. The molecule has 0 aliphatic carbocycles. The lowest BCUT2D eigenvalue weighted by Crippen LogP contribution is -2.36. The van der Waals surface area contributed by atoms with Crippen molar-refractivity contribution >= 4 is 15.7 Å². The Kier molecular flexibility index (Phi) is 4.34. The van der Waals surface area contributed by atoms with Crippen molar-refractivity contribution in [1.82, 2.24) is 4.31 Å². The summed E-state index contributed by atoms with van der Waals surface area (Å²) < 4.78 is 73.4. The number of nitro groups is 1. The molecule has 0 aliphatic rings. The van der Waals surface area contributed by atoms with E-state index >= 15 is 0 Å². The first-order valence-electron chi connectivity index (χ1n) is 4.93. The van der Waals surface area contributed by atoms with Gasteiger partial charge in [0, 0.05) is 7.05 Å². The van der Waals surface area contributed by atoms with E-state index in [0.717, 1.165) is 6.07 Å². The van der Waals surface area contributed by atoms with E-state index < -0.39 is 44.1 Å². The molecule has 0 saturated carbocycles. The smallest absolute Gasteiger partial charge is 0.258 e. The average molecular weight is 316 g/mol. The molecular weight excluding hydrogens is 308 g/mol. The Hall–Kier alpha value is -1.75. The molecule has 0 heterocycles. The van der Waals surface area contributed by atoms with Crippen LogP contribution in [0, 0.1) is 15.9 Å². The zero-order valence-corrected chi connectivity index (χ0v) is 10.7. The van der Waals surface area contributed by atoms with Crippen molar-refractivity contribution < 1.29 is 30.9 Å².